The van der Waals surface area contributed by atoms with Crippen molar-refractivity contribution in [3.8, 4) is 0 Å². The van der Waals surface area contributed by atoms with Gasteiger partial charge in [0, 0.05) is 19.0 Å². The van der Waals surface area contributed by atoms with Gasteiger partial charge in [-0.15, -0.1) is 0 Å². The fourth-order valence-electron chi connectivity index (χ4n) is 3.10. The fourth-order valence-corrected chi connectivity index (χ4v) is 3.10. The van der Waals surface area contributed by atoms with Gasteiger partial charge in [-0.25, -0.2) is 0 Å². The molecule has 0 aliphatic rings. The van der Waals surface area contributed by atoms with Gasteiger partial charge in [0.05, 0.1) is 12.8 Å². The Hall–Kier alpha value is -2.56. The van der Waals surface area contributed by atoms with Crippen molar-refractivity contribution in [3.63, 3.8) is 0 Å². The van der Waals surface area contributed by atoms with Crippen LogP contribution in [0.4, 0.5) is 0 Å². The third-order valence-corrected chi connectivity index (χ3v) is 5.01. The third kappa shape index (κ3) is 6.55. The molecule has 0 unspecified atom stereocenters. The Balaban J connectivity index is 2.10. The van der Waals surface area contributed by atoms with Gasteiger partial charge in [0.15, 0.2) is 0 Å². The first-order valence-electron chi connectivity index (χ1n) is 10.2. The number of carbonyl (C=O) groups excluding carboxylic acids is 2. The second kappa shape index (κ2) is 11.3. The molecule has 0 N–H and O–H groups in total. The molecule has 2 aromatic rings. The van der Waals surface area contributed by atoms with Crippen molar-refractivity contribution >= 4 is 11.8 Å². The molecule has 0 spiro atoms. The first kappa shape index (κ1) is 21.7. The van der Waals surface area contributed by atoms with E-state index < -0.39 is 0 Å². The van der Waals surface area contributed by atoms with Gasteiger partial charge in [-0.2, -0.15) is 0 Å². The van der Waals surface area contributed by atoms with Crippen LogP contribution in [0.1, 0.15) is 51.4 Å². The van der Waals surface area contributed by atoms with Gasteiger partial charge >= 0.3 is 0 Å². The van der Waals surface area contributed by atoms with Crippen LogP contribution >= 0.6 is 0 Å². The Morgan fingerprint density at radius 1 is 1.04 bits per heavy atom. The number of hydrogen-bond acceptors (Lipinski definition) is 3. The van der Waals surface area contributed by atoms with Crippen LogP contribution in [0.3, 0.4) is 0 Å². The smallest absolute Gasteiger partial charge is 0.242 e. The van der Waals surface area contributed by atoms with Crippen LogP contribution in [0, 0.1) is 0 Å². The number of rotatable bonds is 11. The fraction of sp³-hybridized carbons (Fsp3) is 0.478. The summed E-state index contributed by atoms with van der Waals surface area (Å²) >= 11 is 0. The highest BCUT2D eigenvalue weighted by Gasteiger charge is 2.24. The Bertz CT molecular complexity index is 713. The highest BCUT2D eigenvalue weighted by molar-refractivity contribution is 5.85. The van der Waals surface area contributed by atoms with Crippen molar-refractivity contribution in [2.24, 2.45) is 0 Å². The molecule has 1 heterocycles. The molecule has 1 aromatic heterocycles. The summed E-state index contributed by atoms with van der Waals surface area (Å²) in [4.78, 5) is 29.2. The molecule has 0 bridgehead atoms. The summed E-state index contributed by atoms with van der Waals surface area (Å²) in [6.45, 7) is 7.13. The largest absolute Gasteiger partial charge is 0.467 e. The van der Waals surface area contributed by atoms with E-state index in [-0.39, 0.29) is 24.4 Å². The van der Waals surface area contributed by atoms with Gasteiger partial charge in [0.25, 0.3) is 0 Å². The molecule has 0 aliphatic carbocycles. The molecule has 2 amide bonds. The molecular formula is C23H32N2O3. The second-order valence-corrected chi connectivity index (χ2v) is 7.16. The molecule has 0 fully saturated rings. The van der Waals surface area contributed by atoms with Crippen molar-refractivity contribution in [1.82, 2.24) is 9.80 Å². The number of nitrogens with zero attached hydrogens (tertiary/aromatic N) is 2. The Labute approximate surface area is 168 Å². The van der Waals surface area contributed by atoms with Crippen LogP contribution in [0.5, 0.6) is 0 Å². The van der Waals surface area contributed by atoms with Gasteiger partial charge in [-0.3, -0.25) is 9.59 Å². The Morgan fingerprint density at radius 3 is 2.39 bits per heavy atom. The van der Waals surface area contributed by atoms with Crippen LogP contribution in [0.15, 0.2) is 53.1 Å². The van der Waals surface area contributed by atoms with Crippen molar-refractivity contribution < 1.29 is 14.0 Å². The van der Waals surface area contributed by atoms with Crippen LogP contribution < -0.4 is 0 Å². The molecule has 0 saturated heterocycles. The van der Waals surface area contributed by atoms with E-state index in [2.05, 4.69) is 12.1 Å². The molecule has 152 valence electrons. The highest BCUT2D eigenvalue weighted by atomic mass is 16.3. The second-order valence-electron chi connectivity index (χ2n) is 7.16. The molecule has 0 aliphatic heterocycles. The number of benzene rings is 1. The molecule has 0 radical (unpaired) electrons. The van der Waals surface area contributed by atoms with Crippen molar-refractivity contribution in [2.45, 2.75) is 59.0 Å². The highest BCUT2D eigenvalue weighted by Crippen LogP contribution is 2.12. The van der Waals surface area contributed by atoms with E-state index in [9.17, 15) is 9.59 Å². The Morgan fingerprint density at radius 2 is 1.79 bits per heavy atom. The summed E-state index contributed by atoms with van der Waals surface area (Å²) in [7, 11) is 0. The minimum absolute atomic E-state index is 0.0441. The maximum atomic E-state index is 13.1. The number of carbonyl (C=O) groups is 2. The molecule has 5 nitrogen and oxygen atoms in total. The lowest BCUT2D eigenvalue weighted by Crippen LogP contribution is -2.46. The van der Waals surface area contributed by atoms with Crippen molar-refractivity contribution in [1.29, 1.82) is 0 Å². The molecule has 0 saturated carbocycles. The zero-order chi connectivity index (χ0) is 20.4. The first-order chi connectivity index (χ1) is 13.5. The third-order valence-electron chi connectivity index (χ3n) is 5.01. The lowest BCUT2D eigenvalue weighted by Gasteiger charge is -2.31. The number of furan rings is 1. The summed E-state index contributed by atoms with van der Waals surface area (Å²) in [5.74, 6) is 0.750. The minimum atomic E-state index is -0.0444. The van der Waals surface area contributed by atoms with Gasteiger partial charge in [-0.1, -0.05) is 44.2 Å². The van der Waals surface area contributed by atoms with E-state index in [0.717, 1.165) is 25.0 Å². The quantitative estimate of drug-likeness (QED) is 0.581. The van der Waals surface area contributed by atoms with Gasteiger partial charge in [0.1, 0.15) is 12.3 Å². The summed E-state index contributed by atoms with van der Waals surface area (Å²) < 4.78 is 5.45. The number of hydrogen-bond donors (Lipinski definition) is 0. The Kier molecular flexibility index (Phi) is 8.79. The van der Waals surface area contributed by atoms with E-state index in [4.69, 9.17) is 4.42 Å². The summed E-state index contributed by atoms with van der Waals surface area (Å²) in [6, 6.07) is 13.9. The predicted molar refractivity (Wildman–Crippen MR) is 111 cm³/mol. The zero-order valence-electron chi connectivity index (χ0n) is 17.3. The number of amides is 2. The molecule has 28 heavy (non-hydrogen) atoms. The normalized spacial score (nSPS) is 11.8. The monoisotopic (exact) mass is 384 g/mol. The SMILES string of the molecule is CCCC(=O)N(CC(=O)N(CCc1ccccc1)Cc1ccco1)[C@@H](C)CC. The summed E-state index contributed by atoms with van der Waals surface area (Å²) in [5.41, 5.74) is 1.18. The lowest BCUT2D eigenvalue weighted by atomic mass is 10.1. The maximum Gasteiger partial charge on any atom is 0.242 e. The molecule has 1 atom stereocenters. The van der Waals surface area contributed by atoms with Gasteiger partial charge in [0.2, 0.25) is 11.8 Å². The molecular weight excluding hydrogens is 352 g/mol. The maximum absolute atomic E-state index is 13.1. The van der Waals surface area contributed by atoms with Crippen molar-refractivity contribution in [3.05, 3.63) is 60.1 Å². The topological polar surface area (TPSA) is 53.8 Å². The molecule has 1 aromatic carbocycles. The minimum Gasteiger partial charge on any atom is -0.467 e. The van der Waals surface area contributed by atoms with E-state index >= 15 is 0 Å². The summed E-state index contributed by atoms with van der Waals surface area (Å²) in [5, 5.41) is 0. The van der Waals surface area contributed by atoms with Crippen molar-refractivity contribution in [2.75, 3.05) is 13.1 Å². The average molecular weight is 385 g/mol. The lowest BCUT2D eigenvalue weighted by molar-refractivity contribution is -0.142. The van der Waals surface area contributed by atoms with E-state index in [1.165, 1.54) is 5.56 Å². The first-order valence-corrected chi connectivity index (χ1v) is 10.2. The van der Waals surface area contributed by atoms with Crippen LogP contribution in [0.2, 0.25) is 0 Å². The standard InChI is InChI=1S/C23H32N2O3/c1-4-10-22(26)25(19(3)5-2)18-23(27)24(17-21-13-9-16-28-21)15-14-20-11-7-6-8-12-20/h6-9,11-13,16,19H,4-5,10,14-15,17-18H2,1-3H3/t19-/m0/s1. The van der Waals surface area contributed by atoms with Crippen LogP contribution in [-0.4, -0.2) is 40.7 Å². The molecule has 2 rings (SSSR count). The average Bonchev–Trinajstić information content (AvgIpc) is 3.22. The zero-order valence-corrected chi connectivity index (χ0v) is 17.3. The van der Waals surface area contributed by atoms with Gasteiger partial charge in [-0.05, 0) is 43.9 Å². The summed E-state index contributed by atoms with van der Waals surface area (Å²) in [6.07, 6.45) is 4.46. The van der Waals surface area contributed by atoms with Crippen LogP contribution in [-0.2, 0) is 22.6 Å². The van der Waals surface area contributed by atoms with Gasteiger partial charge < -0.3 is 14.2 Å². The van der Waals surface area contributed by atoms with E-state index in [0.29, 0.717) is 19.5 Å². The van der Waals surface area contributed by atoms with E-state index in [1.807, 2.05) is 51.1 Å². The van der Waals surface area contributed by atoms with E-state index in [1.54, 1.807) is 16.1 Å². The van der Waals surface area contributed by atoms with Crippen LogP contribution in [0.25, 0.3) is 0 Å². The predicted octanol–water partition coefficient (Wildman–Crippen LogP) is 4.28. The molecule has 5 heteroatoms.